The van der Waals surface area contributed by atoms with E-state index in [1.807, 2.05) is 4.68 Å². The molecule has 0 bridgehead atoms. The maximum absolute atomic E-state index is 5.71. The highest BCUT2D eigenvalue weighted by atomic mass is 15.3. The average molecular weight is 192 g/mol. The van der Waals surface area contributed by atoms with Gasteiger partial charge in [-0.2, -0.15) is 5.10 Å². The van der Waals surface area contributed by atoms with Crippen molar-refractivity contribution >= 4 is 6.08 Å². The molecule has 0 aliphatic heterocycles. The number of rotatable bonds is 2. The molecule has 0 aromatic carbocycles. The van der Waals surface area contributed by atoms with E-state index >= 15 is 0 Å². The summed E-state index contributed by atoms with van der Waals surface area (Å²) in [5.74, 6) is 0.946. The molecule has 1 heterocycles. The van der Waals surface area contributed by atoms with E-state index in [1.165, 1.54) is 5.57 Å². The van der Waals surface area contributed by atoms with Crippen LogP contribution in [-0.2, 0) is 0 Å². The summed E-state index contributed by atoms with van der Waals surface area (Å²) in [7, 11) is 0. The van der Waals surface area contributed by atoms with E-state index in [0.717, 1.165) is 18.7 Å². The first-order valence-corrected chi connectivity index (χ1v) is 5.01. The highest BCUT2D eigenvalue weighted by Crippen LogP contribution is 2.26. The third-order valence-corrected chi connectivity index (χ3v) is 2.47. The van der Waals surface area contributed by atoms with Crippen LogP contribution in [0.4, 0.5) is 0 Å². The van der Waals surface area contributed by atoms with Crippen LogP contribution in [0, 0.1) is 0 Å². The number of nitrogens with two attached hydrogens (primary N) is 1. The zero-order valence-corrected chi connectivity index (χ0v) is 8.64. The van der Waals surface area contributed by atoms with Crippen molar-refractivity contribution in [2.45, 2.75) is 38.8 Å². The van der Waals surface area contributed by atoms with Gasteiger partial charge in [0.05, 0.1) is 0 Å². The highest BCUT2D eigenvalue weighted by Gasteiger charge is 2.19. The molecule has 1 aliphatic carbocycles. The molecule has 14 heavy (non-hydrogen) atoms. The van der Waals surface area contributed by atoms with Gasteiger partial charge in [0.15, 0.2) is 5.82 Å². The summed E-state index contributed by atoms with van der Waals surface area (Å²) < 4.78 is 1.93. The van der Waals surface area contributed by atoms with Crippen LogP contribution in [-0.4, -0.2) is 20.8 Å². The molecule has 2 N–H and O–H groups in total. The molecule has 0 atom stereocenters. The third-order valence-electron chi connectivity index (χ3n) is 2.47. The molecule has 0 amide bonds. The van der Waals surface area contributed by atoms with Crippen LogP contribution >= 0.6 is 0 Å². The van der Waals surface area contributed by atoms with Crippen molar-refractivity contribution in [2.75, 3.05) is 0 Å². The minimum Gasteiger partial charge on any atom is -0.327 e. The summed E-state index contributed by atoms with van der Waals surface area (Å²) in [6.07, 6.45) is 5.72. The van der Waals surface area contributed by atoms with E-state index in [1.54, 1.807) is 6.33 Å². The molecule has 4 heteroatoms. The van der Waals surface area contributed by atoms with Gasteiger partial charge in [-0.15, -0.1) is 0 Å². The predicted molar refractivity (Wildman–Crippen MR) is 55.6 cm³/mol. The Hall–Kier alpha value is -1.16. The fourth-order valence-corrected chi connectivity index (χ4v) is 1.67. The molecule has 4 nitrogen and oxygen atoms in total. The Morgan fingerprint density at radius 2 is 2.29 bits per heavy atom. The van der Waals surface area contributed by atoms with Gasteiger partial charge in [0.1, 0.15) is 6.33 Å². The molecular formula is C10H16N4. The molecule has 1 aromatic rings. The Morgan fingerprint density at radius 3 is 2.86 bits per heavy atom. The van der Waals surface area contributed by atoms with Gasteiger partial charge < -0.3 is 5.73 Å². The zero-order chi connectivity index (χ0) is 10.1. The molecular weight excluding hydrogens is 176 g/mol. The smallest absolute Gasteiger partial charge is 0.150 e. The first-order chi connectivity index (χ1) is 6.66. The molecule has 1 fully saturated rings. The number of aromatic nitrogens is 3. The van der Waals surface area contributed by atoms with Crippen molar-refractivity contribution in [1.82, 2.24) is 14.8 Å². The van der Waals surface area contributed by atoms with Gasteiger partial charge in [-0.05, 0) is 32.8 Å². The Kier molecular flexibility index (Phi) is 2.37. The number of nitrogens with zero attached hydrogens (tertiary/aromatic N) is 3. The Labute approximate surface area is 83.8 Å². The second kappa shape index (κ2) is 3.53. The lowest BCUT2D eigenvalue weighted by molar-refractivity contribution is 0.521. The summed E-state index contributed by atoms with van der Waals surface area (Å²) in [4.78, 5) is 4.22. The Balaban J connectivity index is 2.17. The van der Waals surface area contributed by atoms with Crippen molar-refractivity contribution in [1.29, 1.82) is 0 Å². The minimum atomic E-state index is 0.358. The van der Waals surface area contributed by atoms with Gasteiger partial charge >= 0.3 is 0 Å². The summed E-state index contributed by atoms with van der Waals surface area (Å²) in [6, 6.07) is 0.717. The van der Waals surface area contributed by atoms with Gasteiger partial charge in [-0.1, -0.05) is 5.57 Å². The minimum absolute atomic E-state index is 0.358. The lowest BCUT2D eigenvalue weighted by Crippen LogP contribution is -2.30. The van der Waals surface area contributed by atoms with E-state index in [9.17, 15) is 0 Å². The molecule has 1 aromatic heterocycles. The maximum Gasteiger partial charge on any atom is 0.150 e. The normalized spacial score (nSPS) is 21.1. The topological polar surface area (TPSA) is 56.7 Å². The SMILES string of the molecule is CC(C)n1ncnc1C=C1CC(N)C1. The van der Waals surface area contributed by atoms with Crippen LogP contribution < -0.4 is 5.73 Å². The Bertz CT molecular complexity index is 343. The number of hydrogen-bond acceptors (Lipinski definition) is 3. The van der Waals surface area contributed by atoms with Crippen LogP contribution in [0.2, 0.25) is 0 Å². The zero-order valence-electron chi connectivity index (χ0n) is 8.64. The van der Waals surface area contributed by atoms with Gasteiger partial charge in [0.25, 0.3) is 0 Å². The van der Waals surface area contributed by atoms with Crippen molar-refractivity contribution in [3.63, 3.8) is 0 Å². The molecule has 2 rings (SSSR count). The van der Waals surface area contributed by atoms with E-state index in [0.29, 0.717) is 12.1 Å². The van der Waals surface area contributed by atoms with Gasteiger partial charge in [0, 0.05) is 12.1 Å². The summed E-state index contributed by atoms with van der Waals surface area (Å²) in [5.41, 5.74) is 7.09. The van der Waals surface area contributed by atoms with Crippen molar-refractivity contribution in [3.05, 3.63) is 17.7 Å². The lowest BCUT2D eigenvalue weighted by Gasteiger charge is -2.25. The largest absolute Gasteiger partial charge is 0.327 e. The quantitative estimate of drug-likeness (QED) is 0.769. The lowest BCUT2D eigenvalue weighted by atomic mass is 9.87. The van der Waals surface area contributed by atoms with Crippen LogP contribution in [0.15, 0.2) is 11.9 Å². The van der Waals surface area contributed by atoms with E-state index in [-0.39, 0.29) is 0 Å². The molecule has 0 radical (unpaired) electrons. The summed E-state index contributed by atoms with van der Waals surface area (Å²) >= 11 is 0. The van der Waals surface area contributed by atoms with Crippen molar-refractivity contribution in [2.24, 2.45) is 5.73 Å². The molecule has 0 unspecified atom stereocenters. The highest BCUT2D eigenvalue weighted by molar-refractivity contribution is 5.48. The molecule has 0 spiro atoms. The summed E-state index contributed by atoms with van der Waals surface area (Å²) in [6.45, 7) is 4.20. The van der Waals surface area contributed by atoms with Gasteiger partial charge in [0.2, 0.25) is 0 Å². The predicted octanol–water partition coefficient (Wildman–Crippen LogP) is 1.36. The second-order valence-corrected chi connectivity index (χ2v) is 4.13. The first kappa shape index (κ1) is 9.40. The van der Waals surface area contributed by atoms with Crippen molar-refractivity contribution < 1.29 is 0 Å². The fraction of sp³-hybridized carbons (Fsp3) is 0.600. The van der Waals surface area contributed by atoms with Gasteiger partial charge in [-0.3, -0.25) is 0 Å². The van der Waals surface area contributed by atoms with Crippen LogP contribution in [0.3, 0.4) is 0 Å². The van der Waals surface area contributed by atoms with E-state index < -0.39 is 0 Å². The molecule has 0 saturated heterocycles. The van der Waals surface area contributed by atoms with Crippen LogP contribution in [0.5, 0.6) is 0 Å². The van der Waals surface area contributed by atoms with E-state index in [2.05, 4.69) is 30.0 Å². The molecule has 1 saturated carbocycles. The molecule has 76 valence electrons. The monoisotopic (exact) mass is 192 g/mol. The number of hydrogen-bond donors (Lipinski definition) is 1. The maximum atomic E-state index is 5.71. The van der Waals surface area contributed by atoms with E-state index in [4.69, 9.17) is 5.73 Å². The first-order valence-electron chi connectivity index (χ1n) is 5.01. The van der Waals surface area contributed by atoms with Crippen molar-refractivity contribution in [3.8, 4) is 0 Å². The standard InChI is InChI=1S/C10H16N4/c1-7(2)14-10(12-6-13-14)5-8-3-9(11)4-8/h5-7,9H,3-4,11H2,1-2H3. The Morgan fingerprint density at radius 1 is 1.57 bits per heavy atom. The second-order valence-electron chi connectivity index (χ2n) is 4.13. The van der Waals surface area contributed by atoms with Gasteiger partial charge in [-0.25, -0.2) is 9.67 Å². The average Bonchev–Trinajstić information content (AvgIpc) is 2.49. The molecule has 1 aliphatic rings. The van der Waals surface area contributed by atoms with Crippen LogP contribution in [0.1, 0.15) is 38.6 Å². The summed E-state index contributed by atoms with van der Waals surface area (Å²) in [5, 5.41) is 4.18. The van der Waals surface area contributed by atoms with Crippen LogP contribution in [0.25, 0.3) is 6.08 Å². The third kappa shape index (κ3) is 1.70. The fourth-order valence-electron chi connectivity index (χ4n) is 1.67.